The van der Waals surface area contributed by atoms with Gasteiger partial charge < -0.3 is 14.2 Å². The average Bonchev–Trinajstić information content (AvgIpc) is 3.47. The van der Waals surface area contributed by atoms with Gasteiger partial charge in [-0.3, -0.25) is 14.4 Å². The number of hydrogen-bond donors (Lipinski definition) is 0. The highest BCUT2D eigenvalue weighted by atomic mass is 16.6. The quantitative estimate of drug-likeness (QED) is 0.0261. The third-order valence-electron chi connectivity index (χ3n) is 15.0. The molecule has 1 unspecified atom stereocenters. The van der Waals surface area contributed by atoms with Gasteiger partial charge in [-0.05, 0) is 103 Å². The molecule has 0 amide bonds. The highest BCUT2D eigenvalue weighted by Gasteiger charge is 2.19. The Bertz CT molecular complexity index is 1640. The van der Waals surface area contributed by atoms with Crippen LogP contribution in [0.2, 0.25) is 0 Å². The Morgan fingerprint density at radius 3 is 0.744 bits per heavy atom. The minimum atomic E-state index is -0.785. The second kappa shape index (κ2) is 69.6. The first-order chi connectivity index (χ1) is 40.5. The summed E-state index contributed by atoms with van der Waals surface area (Å²) in [4.78, 5) is 38.4. The Balaban J connectivity index is 4.22. The summed E-state index contributed by atoms with van der Waals surface area (Å²) >= 11 is 0. The fraction of sp³-hybridized carbons (Fsp3) is 0.724. The van der Waals surface area contributed by atoms with Crippen LogP contribution in [0.1, 0.15) is 335 Å². The topological polar surface area (TPSA) is 78.9 Å². The van der Waals surface area contributed by atoms with Crippen molar-refractivity contribution in [1.29, 1.82) is 0 Å². The Morgan fingerprint density at radius 1 is 0.256 bits per heavy atom. The maximum Gasteiger partial charge on any atom is 0.306 e. The van der Waals surface area contributed by atoms with Crippen molar-refractivity contribution >= 4 is 17.9 Å². The van der Waals surface area contributed by atoms with Crippen LogP contribution < -0.4 is 0 Å². The van der Waals surface area contributed by atoms with E-state index in [1.807, 2.05) is 0 Å². The first kappa shape index (κ1) is 78.1. The van der Waals surface area contributed by atoms with E-state index in [-0.39, 0.29) is 31.1 Å². The predicted molar refractivity (Wildman–Crippen MR) is 357 cm³/mol. The van der Waals surface area contributed by atoms with Gasteiger partial charge in [0.15, 0.2) is 6.10 Å². The third kappa shape index (κ3) is 66.9. The summed E-state index contributed by atoms with van der Waals surface area (Å²) in [6.45, 7) is 6.44. The number of ether oxygens (including phenoxy) is 3. The highest BCUT2D eigenvalue weighted by Crippen LogP contribution is 2.17. The number of carbonyl (C=O) groups is 3. The normalized spacial score (nSPS) is 12.8. The van der Waals surface area contributed by atoms with Gasteiger partial charge in [-0.25, -0.2) is 0 Å². The number of hydrogen-bond acceptors (Lipinski definition) is 6. The minimum absolute atomic E-state index is 0.0804. The molecule has 470 valence electrons. The Hall–Kier alpha value is -3.93. The van der Waals surface area contributed by atoms with Gasteiger partial charge in [-0.1, -0.05) is 323 Å². The van der Waals surface area contributed by atoms with Gasteiger partial charge >= 0.3 is 17.9 Å². The Kier molecular flexibility index (Phi) is 66.2. The van der Waals surface area contributed by atoms with Crippen molar-refractivity contribution in [3.05, 3.63) is 109 Å². The molecule has 0 aromatic heterocycles. The molecular formula is C76H130O6. The van der Waals surface area contributed by atoms with Gasteiger partial charge in [-0.15, -0.1) is 0 Å². The van der Waals surface area contributed by atoms with Gasteiger partial charge in [-0.2, -0.15) is 0 Å². The van der Waals surface area contributed by atoms with Gasteiger partial charge in [0.25, 0.3) is 0 Å². The summed E-state index contributed by atoms with van der Waals surface area (Å²) < 4.78 is 17.0. The van der Waals surface area contributed by atoms with Gasteiger partial charge in [0.05, 0.1) is 0 Å². The second-order valence-electron chi connectivity index (χ2n) is 23.0. The van der Waals surface area contributed by atoms with Gasteiger partial charge in [0.2, 0.25) is 0 Å². The number of carbonyl (C=O) groups excluding carboxylic acids is 3. The van der Waals surface area contributed by atoms with Crippen molar-refractivity contribution in [2.75, 3.05) is 13.2 Å². The van der Waals surface area contributed by atoms with Crippen LogP contribution in [0.3, 0.4) is 0 Å². The van der Waals surface area contributed by atoms with E-state index in [1.54, 1.807) is 0 Å². The molecule has 0 saturated heterocycles. The summed E-state index contributed by atoms with van der Waals surface area (Å²) in [5.74, 6) is -0.883. The van der Waals surface area contributed by atoms with Crippen LogP contribution in [0.15, 0.2) is 109 Å². The number of rotatable bonds is 63. The summed E-state index contributed by atoms with van der Waals surface area (Å²) in [7, 11) is 0. The third-order valence-corrected chi connectivity index (χ3v) is 15.0. The zero-order valence-electron chi connectivity index (χ0n) is 54.0. The number of allylic oxidation sites excluding steroid dienone is 18. The SMILES string of the molecule is CC/C=C\C/C=C\C/C=C\C/C=C\C/C=C\C/C=C\CCCCCCCCCCCCCCCCC(=O)OCC(COC(=O)CCCCCCC/C=C\C/C=C\C/C=C\CC)OC(=O)CCCCCCCCCCCCCCCCCC. The first-order valence-corrected chi connectivity index (χ1v) is 34.9. The fourth-order valence-corrected chi connectivity index (χ4v) is 9.88. The first-order valence-electron chi connectivity index (χ1n) is 34.9. The van der Waals surface area contributed by atoms with E-state index in [2.05, 4.69) is 130 Å². The monoisotopic (exact) mass is 1140 g/mol. The van der Waals surface area contributed by atoms with Crippen LogP contribution in [-0.2, 0) is 28.6 Å². The lowest BCUT2D eigenvalue weighted by Gasteiger charge is -2.18. The minimum Gasteiger partial charge on any atom is -0.462 e. The molecule has 0 aliphatic rings. The molecule has 0 aliphatic carbocycles. The van der Waals surface area contributed by atoms with Gasteiger partial charge in [0.1, 0.15) is 13.2 Å². The second-order valence-corrected chi connectivity index (χ2v) is 23.0. The van der Waals surface area contributed by atoms with Crippen LogP contribution in [0.25, 0.3) is 0 Å². The van der Waals surface area contributed by atoms with E-state index in [9.17, 15) is 14.4 Å². The lowest BCUT2D eigenvalue weighted by Crippen LogP contribution is -2.30. The average molecular weight is 1140 g/mol. The fourth-order valence-electron chi connectivity index (χ4n) is 9.88. The summed E-state index contributed by atoms with van der Waals surface area (Å²) in [6, 6.07) is 0. The molecule has 6 nitrogen and oxygen atoms in total. The maximum atomic E-state index is 12.9. The molecule has 0 aromatic carbocycles. The Labute approximate surface area is 508 Å². The zero-order valence-corrected chi connectivity index (χ0v) is 54.0. The smallest absolute Gasteiger partial charge is 0.306 e. The molecule has 6 heteroatoms. The maximum absolute atomic E-state index is 12.9. The summed E-state index contributed by atoms with van der Waals surface area (Å²) in [6.07, 6.45) is 95.4. The van der Waals surface area contributed by atoms with E-state index in [0.717, 1.165) is 135 Å². The van der Waals surface area contributed by atoms with Crippen molar-refractivity contribution in [2.24, 2.45) is 0 Å². The lowest BCUT2D eigenvalue weighted by atomic mass is 10.0. The van der Waals surface area contributed by atoms with Crippen molar-refractivity contribution in [3.8, 4) is 0 Å². The largest absolute Gasteiger partial charge is 0.462 e. The molecule has 1 atom stereocenters. The molecule has 0 heterocycles. The van der Waals surface area contributed by atoms with Crippen molar-refractivity contribution in [1.82, 2.24) is 0 Å². The van der Waals surface area contributed by atoms with E-state index in [4.69, 9.17) is 14.2 Å². The molecule has 82 heavy (non-hydrogen) atoms. The standard InChI is InChI=1S/C76H130O6/c1-4-7-10-13-16-19-22-25-28-30-31-32-33-34-35-36-37-38-39-40-41-42-43-44-45-46-49-51-54-57-60-63-66-69-75(78)81-72-73(71-80-74(77)68-65-62-59-56-53-50-47-27-24-21-18-15-12-9-6-3)82-76(79)70-67-64-61-58-55-52-48-29-26-23-20-17-14-11-8-5-2/h7,9-10,12,16,18-19,21,25,27-28,31-32,34-35,37-38,47,73H,4-6,8,11,13-15,17,20,22-24,26,29-30,33,36,39-46,48-72H2,1-3H3/b10-7-,12-9-,19-16-,21-18-,28-25-,32-31-,35-34-,38-37-,47-27-. The van der Waals surface area contributed by atoms with Gasteiger partial charge in [0, 0.05) is 19.3 Å². The van der Waals surface area contributed by atoms with Crippen LogP contribution in [0.5, 0.6) is 0 Å². The zero-order chi connectivity index (χ0) is 59.2. The molecule has 0 aliphatic heterocycles. The molecule has 0 N–H and O–H groups in total. The van der Waals surface area contributed by atoms with Crippen LogP contribution >= 0.6 is 0 Å². The number of unbranched alkanes of at least 4 members (excludes halogenated alkanes) is 34. The van der Waals surface area contributed by atoms with Crippen molar-refractivity contribution in [2.45, 2.75) is 341 Å². The molecule has 0 radical (unpaired) electrons. The van der Waals surface area contributed by atoms with E-state index in [0.29, 0.717) is 19.3 Å². The van der Waals surface area contributed by atoms with E-state index < -0.39 is 6.10 Å². The van der Waals surface area contributed by atoms with E-state index in [1.165, 1.54) is 161 Å². The summed E-state index contributed by atoms with van der Waals surface area (Å²) in [5, 5.41) is 0. The number of esters is 3. The van der Waals surface area contributed by atoms with E-state index >= 15 is 0 Å². The molecule has 0 rings (SSSR count). The molecule has 0 fully saturated rings. The Morgan fingerprint density at radius 2 is 0.476 bits per heavy atom. The van der Waals surface area contributed by atoms with Crippen molar-refractivity contribution in [3.63, 3.8) is 0 Å². The molecule has 0 bridgehead atoms. The van der Waals surface area contributed by atoms with Crippen LogP contribution in [0, 0.1) is 0 Å². The summed E-state index contributed by atoms with van der Waals surface area (Å²) in [5.41, 5.74) is 0. The van der Waals surface area contributed by atoms with Crippen molar-refractivity contribution < 1.29 is 28.6 Å². The highest BCUT2D eigenvalue weighted by molar-refractivity contribution is 5.71. The molecule has 0 aromatic rings. The lowest BCUT2D eigenvalue weighted by molar-refractivity contribution is -0.167. The molecular weight excluding hydrogens is 1010 g/mol. The molecule has 0 spiro atoms. The molecule has 0 saturated carbocycles. The van der Waals surface area contributed by atoms with Crippen LogP contribution in [0.4, 0.5) is 0 Å². The predicted octanol–water partition coefficient (Wildman–Crippen LogP) is 24.2. The van der Waals surface area contributed by atoms with Crippen LogP contribution in [-0.4, -0.2) is 37.2 Å².